The van der Waals surface area contributed by atoms with Gasteiger partial charge < -0.3 is 14.7 Å². The standard InChI is InChI=1S/C20H33N3O4/c1-14(2)11-23-16(4)17(15(3)21-23)7-8-18(24)22-10-6-9-20(12-22,13-27-5)19(25)26/h14H,6-13H2,1-5H3,(H,25,26). The summed E-state index contributed by atoms with van der Waals surface area (Å²) in [6.45, 7) is 10.2. The second-order valence-electron chi connectivity index (χ2n) is 8.16. The predicted octanol–water partition coefficient (Wildman–Crippen LogP) is 2.43. The molecule has 1 aliphatic heterocycles. The van der Waals surface area contributed by atoms with Gasteiger partial charge in [0.1, 0.15) is 5.41 Å². The number of nitrogens with zero attached hydrogens (tertiary/aromatic N) is 3. The Bertz CT molecular complexity index is 679. The highest BCUT2D eigenvalue weighted by Crippen LogP contribution is 2.31. The molecule has 1 aromatic rings. The fourth-order valence-electron chi connectivity index (χ4n) is 3.98. The second kappa shape index (κ2) is 8.87. The van der Waals surface area contributed by atoms with Gasteiger partial charge in [-0.1, -0.05) is 13.8 Å². The molecule has 1 aliphatic rings. The van der Waals surface area contributed by atoms with E-state index in [4.69, 9.17) is 4.74 Å². The van der Waals surface area contributed by atoms with Gasteiger partial charge in [0.05, 0.1) is 12.3 Å². The third-order valence-electron chi connectivity index (χ3n) is 5.46. The summed E-state index contributed by atoms with van der Waals surface area (Å²) in [6.07, 6.45) is 2.24. The Kier molecular flexibility index (Phi) is 7.03. The fourth-order valence-corrected chi connectivity index (χ4v) is 3.98. The van der Waals surface area contributed by atoms with E-state index in [0.717, 1.165) is 23.5 Å². The van der Waals surface area contributed by atoms with Crippen molar-refractivity contribution in [2.75, 3.05) is 26.8 Å². The van der Waals surface area contributed by atoms with Crippen molar-refractivity contribution >= 4 is 11.9 Å². The van der Waals surface area contributed by atoms with Gasteiger partial charge in [0.2, 0.25) is 5.91 Å². The summed E-state index contributed by atoms with van der Waals surface area (Å²) in [6, 6.07) is 0. The van der Waals surface area contributed by atoms with Gasteiger partial charge in [0.15, 0.2) is 0 Å². The highest BCUT2D eigenvalue weighted by atomic mass is 16.5. The van der Waals surface area contributed by atoms with Gasteiger partial charge >= 0.3 is 5.97 Å². The lowest BCUT2D eigenvalue weighted by molar-refractivity contribution is -0.159. The van der Waals surface area contributed by atoms with Crippen LogP contribution < -0.4 is 0 Å². The van der Waals surface area contributed by atoms with E-state index in [0.29, 0.717) is 38.1 Å². The van der Waals surface area contributed by atoms with Crippen molar-refractivity contribution in [3.8, 4) is 0 Å². The molecule has 1 saturated heterocycles. The predicted molar refractivity (Wildman–Crippen MR) is 103 cm³/mol. The minimum Gasteiger partial charge on any atom is -0.481 e. The van der Waals surface area contributed by atoms with Crippen LogP contribution in [0.2, 0.25) is 0 Å². The molecular formula is C20H33N3O4. The van der Waals surface area contributed by atoms with Gasteiger partial charge in [0.25, 0.3) is 0 Å². The molecule has 27 heavy (non-hydrogen) atoms. The number of rotatable bonds is 8. The highest BCUT2D eigenvalue weighted by Gasteiger charge is 2.43. The lowest BCUT2D eigenvalue weighted by atomic mass is 9.80. The van der Waals surface area contributed by atoms with E-state index in [9.17, 15) is 14.7 Å². The number of ether oxygens (including phenoxy) is 1. The molecule has 0 aliphatic carbocycles. The summed E-state index contributed by atoms with van der Waals surface area (Å²) in [5.41, 5.74) is 2.23. The van der Waals surface area contributed by atoms with Gasteiger partial charge in [-0.15, -0.1) is 0 Å². The van der Waals surface area contributed by atoms with Crippen LogP contribution in [0, 0.1) is 25.2 Å². The maximum absolute atomic E-state index is 12.8. The molecule has 0 radical (unpaired) electrons. The number of likely N-dealkylation sites (tertiary alicyclic amines) is 1. The zero-order chi connectivity index (χ0) is 20.2. The first-order valence-electron chi connectivity index (χ1n) is 9.73. The molecule has 1 aromatic heterocycles. The lowest BCUT2D eigenvalue weighted by Crippen LogP contribution is -2.52. The summed E-state index contributed by atoms with van der Waals surface area (Å²) in [5.74, 6) is -0.369. The summed E-state index contributed by atoms with van der Waals surface area (Å²) in [4.78, 5) is 26.2. The number of aryl methyl sites for hydroxylation is 1. The van der Waals surface area contributed by atoms with Crippen LogP contribution in [0.5, 0.6) is 0 Å². The highest BCUT2D eigenvalue weighted by molar-refractivity contribution is 5.80. The van der Waals surface area contributed by atoms with Crippen LogP contribution in [-0.4, -0.2) is 58.5 Å². The largest absolute Gasteiger partial charge is 0.481 e. The first-order valence-corrected chi connectivity index (χ1v) is 9.73. The molecule has 7 nitrogen and oxygen atoms in total. The fraction of sp³-hybridized carbons (Fsp3) is 0.750. The monoisotopic (exact) mass is 379 g/mol. The van der Waals surface area contributed by atoms with Gasteiger partial charge in [-0.25, -0.2) is 0 Å². The molecule has 152 valence electrons. The van der Waals surface area contributed by atoms with Crippen molar-refractivity contribution < 1.29 is 19.4 Å². The van der Waals surface area contributed by atoms with Crippen LogP contribution in [0.3, 0.4) is 0 Å². The third-order valence-corrected chi connectivity index (χ3v) is 5.46. The Balaban J connectivity index is 2.03. The number of methoxy groups -OCH3 is 1. The van der Waals surface area contributed by atoms with Crippen LogP contribution in [0.25, 0.3) is 0 Å². The summed E-state index contributed by atoms with van der Waals surface area (Å²) in [7, 11) is 1.51. The SMILES string of the molecule is COCC1(C(=O)O)CCCN(C(=O)CCc2c(C)nn(CC(C)C)c2C)C1. The lowest BCUT2D eigenvalue weighted by Gasteiger charge is -2.39. The number of carboxylic acid groups (broad SMARTS) is 1. The van der Waals surface area contributed by atoms with E-state index >= 15 is 0 Å². The number of hydrogen-bond donors (Lipinski definition) is 1. The van der Waals surface area contributed by atoms with Gasteiger partial charge in [-0.2, -0.15) is 5.10 Å². The molecule has 0 saturated carbocycles. The molecule has 1 amide bonds. The number of carbonyl (C=O) groups is 2. The number of amides is 1. The first kappa shape index (κ1) is 21.4. The van der Waals surface area contributed by atoms with E-state index in [1.165, 1.54) is 7.11 Å². The van der Waals surface area contributed by atoms with E-state index in [1.807, 2.05) is 11.6 Å². The quantitative estimate of drug-likeness (QED) is 0.750. The number of hydrogen-bond acceptors (Lipinski definition) is 4. The molecule has 1 unspecified atom stereocenters. The van der Waals surface area contributed by atoms with Gasteiger partial charge in [-0.3, -0.25) is 14.3 Å². The molecule has 2 heterocycles. The van der Waals surface area contributed by atoms with Crippen LogP contribution in [-0.2, 0) is 27.3 Å². The molecule has 2 rings (SSSR count). The van der Waals surface area contributed by atoms with Crippen molar-refractivity contribution in [3.05, 3.63) is 17.0 Å². The molecule has 0 spiro atoms. The molecule has 0 bridgehead atoms. The first-order chi connectivity index (χ1) is 12.7. The van der Waals surface area contributed by atoms with Crippen molar-refractivity contribution in [2.45, 2.75) is 59.9 Å². The summed E-state index contributed by atoms with van der Waals surface area (Å²) in [5, 5.41) is 14.3. The minimum absolute atomic E-state index is 0.00633. The van der Waals surface area contributed by atoms with Gasteiger partial charge in [-0.05, 0) is 44.6 Å². The summed E-state index contributed by atoms with van der Waals surface area (Å²) < 4.78 is 7.16. The van der Waals surface area contributed by atoms with Crippen molar-refractivity contribution in [1.29, 1.82) is 0 Å². The zero-order valence-electron chi connectivity index (χ0n) is 17.2. The number of aliphatic carboxylic acids is 1. The molecule has 1 fully saturated rings. The Labute approximate surface area is 161 Å². The van der Waals surface area contributed by atoms with E-state index in [-0.39, 0.29) is 19.1 Å². The second-order valence-corrected chi connectivity index (χ2v) is 8.16. The molecule has 0 aromatic carbocycles. The van der Waals surface area contributed by atoms with Gasteiger partial charge in [0, 0.05) is 38.9 Å². The molecule has 7 heteroatoms. The number of carbonyl (C=O) groups excluding carboxylic acids is 1. The van der Waals surface area contributed by atoms with Crippen molar-refractivity contribution in [3.63, 3.8) is 0 Å². The van der Waals surface area contributed by atoms with E-state index in [1.54, 1.807) is 4.90 Å². The third kappa shape index (κ3) is 4.89. The Morgan fingerprint density at radius 3 is 2.63 bits per heavy atom. The average Bonchev–Trinajstić information content (AvgIpc) is 2.86. The smallest absolute Gasteiger partial charge is 0.313 e. The summed E-state index contributed by atoms with van der Waals surface area (Å²) >= 11 is 0. The van der Waals surface area contributed by atoms with Crippen molar-refractivity contribution in [2.24, 2.45) is 11.3 Å². The normalized spacial score (nSPS) is 20.3. The topological polar surface area (TPSA) is 84.7 Å². The van der Waals surface area contributed by atoms with E-state index in [2.05, 4.69) is 25.9 Å². The van der Waals surface area contributed by atoms with Crippen LogP contribution in [0.15, 0.2) is 0 Å². The van der Waals surface area contributed by atoms with Crippen LogP contribution in [0.1, 0.15) is 50.1 Å². The maximum atomic E-state index is 12.8. The maximum Gasteiger partial charge on any atom is 0.313 e. The Hall–Kier alpha value is -1.89. The minimum atomic E-state index is -0.989. The van der Waals surface area contributed by atoms with E-state index < -0.39 is 11.4 Å². The van der Waals surface area contributed by atoms with Crippen molar-refractivity contribution in [1.82, 2.24) is 14.7 Å². The number of carboxylic acids is 1. The zero-order valence-corrected chi connectivity index (χ0v) is 17.2. The van der Waals surface area contributed by atoms with Crippen LogP contribution in [0.4, 0.5) is 0 Å². The molecule has 1 N–H and O–H groups in total. The average molecular weight is 380 g/mol. The number of piperidine rings is 1. The number of aromatic nitrogens is 2. The molecule has 1 atom stereocenters. The Morgan fingerprint density at radius 2 is 2.04 bits per heavy atom. The molecular weight excluding hydrogens is 346 g/mol. The van der Waals surface area contributed by atoms with Crippen LogP contribution >= 0.6 is 0 Å². The Morgan fingerprint density at radius 1 is 1.33 bits per heavy atom.